The van der Waals surface area contributed by atoms with Crippen molar-refractivity contribution in [3.63, 3.8) is 0 Å². The van der Waals surface area contributed by atoms with E-state index in [2.05, 4.69) is 400 Å². The zero-order valence-corrected chi connectivity index (χ0v) is 105. The summed E-state index contributed by atoms with van der Waals surface area (Å²) in [6, 6.07) is 0. The number of hydrogen-bond acceptors (Lipinski definition) is 0. The Kier molecular flexibility index (Phi) is 117. The van der Waals surface area contributed by atoms with Crippen LogP contribution in [0.4, 0.5) is 0 Å². The van der Waals surface area contributed by atoms with Crippen molar-refractivity contribution in [2.75, 3.05) is 0 Å². The third-order valence-electron chi connectivity index (χ3n) is 7.21. The normalized spacial score (nSPS) is 11.6. The number of nitrogens with zero attached hydrogens (tertiary/aromatic N) is 2. The summed E-state index contributed by atoms with van der Waals surface area (Å²) in [5.74, 6) is 0. The smallest absolute Gasteiger partial charge is 1.00 e. The Labute approximate surface area is 864 Å². The molecule has 534 valence electrons. The second-order valence-electron chi connectivity index (χ2n) is 35.1. The molecule has 4 nitrogen and oxygen atoms in total. The summed E-state index contributed by atoms with van der Waals surface area (Å²) in [5.41, 5.74) is 21.0. The Morgan fingerprint density at radius 2 is 0.585 bits per heavy atom. The molecule has 18 heteroatoms. The quantitative estimate of drug-likeness (QED) is 0.188. The van der Waals surface area contributed by atoms with Crippen LogP contribution in [0.3, 0.4) is 0 Å². The average molecular weight is 2490 g/mol. The van der Waals surface area contributed by atoms with Gasteiger partial charge in [0.1, 0.15) is 0 Å². The van der Waals surface area contributed by atoms with Gasteiger partial charge in [0.15, 0.2) is 0 Å². The summed E-state index contributed by atoms with van der Waals surface area (Å²) in [5, 5.41) is 8.50. The Bertz CT molecular complexity index is 1930. The van der Waals surface area contributed by atoms with E-state index in [9.17, 15) is 0 Å². The monoisotopic (exact) mass is 2490 g/mol. The van der Waals surface area contributed by atoms with Gasteiger partial charge in [-0.1, -0.05) is 152 Å². The summed E-state index contributed by atoms with van der Waals surface area (Å²) >= 11 is 15.5. The third kappa shape index (κ3) is 175. The Morgan fingerprint density at radius 3 is 0.606 bits per heavy atom. The number of allylic oxidation sites excluding steroid dienone is 7. The van der Waals surface area contributed by atoms with Crippen LogP contribution in [0.15, 0.2) is 46.8 Å². The summed E-state index contributed by atoms with van der Waals surface area (Å²) in [7, 11) is 0. The summed E-state index contributed by atoms with van der Waals surface area (Å²) < 4.78 is 13.1. The first-order valence-corrected chi connectivity index (χ1v) is 38.4. The first-order valence-electron chi connectivity index (χ1n) is 29.8. The number of rotatable bonds is 6. The molecule has 0 unspecified atom stereocenters. The predicted octanol–water partition coefficient (Wildman–Crippen LogP) is 18.0. The van der Waals surface area contributed by atoms with Crippen molar-refractivity contribution >= 4 is 33.8 Å². The molecule has 94 heavy (non-hydrogen) atoms. The standard InChI is InChI=1S/C12H20.C11H21N.2C7H11.2C6H11N.4C5H12.C4H4.C3H5N.2K.4V.4W.4Y.2H/c1-9(11(3,4)5)10(2)12(6,7)8;1-8(10(2,3)4)9(12)11(5,6)7;2*1-5-6-7(2,3)4;2*1-5-7-6(2,3)4;4*1-5(2,3)4;1-3-4-2;1-2-3-4;;;;;;;;;;;;;;;;/h1H2,3-8H3;12H,1H2,2-7H3;4*1H2,2-4H3;4*1-4H3;3-4H,1H2;2-4H,1H2;;;;;;;;;;;;;;;;/q2*-2;2*-1;2*-2;;;;;2*-2;2*+1;;;;;;;;;;;2*+3;2*-1. The van der Waals surface area contributed by atoms with Crippen LogP contribution in [0, 0.1) is 110 Å². The van der Waals surface area contributed by atoms with Gasteiger partial charge in [-0.3, -0.25) is 6.08 Å². The molecular weight excluding hydrogens is 2340 g/mol. The fourth-order valence-electron chi connectivity index (χ4n) is 3.53. The maximum Gasteiger partial charge on any atom is 3.00 e. The van der Waals surface area contributed by atoms with E-state index in [4.69, 9.17) is 11.5 Å². The van der Waals surface area contributed by atoms with Crippen LogP contribution < -0.4 is 103 Å². The first-order chi connectivity index (χ1) is 37.5. The van der Waals surface area contributed by atoms with Gasteiger partial charge in [0.25, 0.3) is 0 Å². The number of nitrogens with one attached hydrogen (secondary N) is 2. The molecule has 0 spiro atoms. The van der Waals surface area contributed by atoms with Crippen molar-refractivity contribution in [3.8, 4) is 0 Å². The van der Waals surface area contributed by atoms with Crippen LogP contribution in [0.5, 0.6) is 0 Å². The number of hydrogen-bond donors (Lipinski definition) is 0. The van der Waals surface area contributed by atoms with Gasteiger partial charge >= 0.3 is 580 Å². The molecule has 0 aromatic rings. The molecule has 0 atom stereocenters. The minimum Gasteiger partial charge on any atom is -1.00 e. The molecule has 0 bridgehead atoms. The largest absolute Gasteiger partial charge is 3.00 e. The van der Waals surface area contributed by atoms with Crippen molar-refractivity contribution in [2.24, 2.45) is 54.1 Å². The van der Waals surface area contributed by atoms with E-state index in [1.54, 1.807) is 12.2 Å². The van der Waals surface area contributed by atoms with E-state index >= 15 is 0 Å². The SMILES string of the molecule is CC(C)(C)C.CC(C)(C)C.CC(C)(C)C.CC(C)(C)C.[CH2-]C(=C([C-]=[V])C(C)(C)C)C(C)(C)C.[CH2-]C(=C([NH-])C(C)(C)C)C(C)(C)C.[CH2-]C=C[C-]=[V].[CH2-]C=C[NH-].[CH2-][C](=[W])[C](=[V])C(C)(C)C.[CH2-][C](=[W])[C](=[V])C(C)(C)C.[CH2-][C](=[W])[N-]C(C)(C)C.[CH2-][C](=[W])[N-]C(C)(C)C.[H-].[H-].[K+].[K+].[Y+3].[Y+3].[Y].[Y]. The van der Waals surface area contributed by atoms with Crippen LogP contribution in [0.2, 0.25) is 0 Å². The van der Waals surface area contributed by atoms with Crippen molar-refractivity contribution in [3.05, 3.63) is 124 Å². The molecule has 0 amide bonds. The molecule has 0 rings (SSSR count). The third-order valence-corrected chi connectivity index (χ3v) is 14.8. The average Bonchev–Trinajstić information content (AvgIpc) is 3.18. The molecule has 0 heterocycles. The summed E-state index contributed by atoms with van der Waals surface area (Å²) in [6.45, 7) is 116. The van der Waals surface area contributed by atoms with E-state index in [1.807, 2.05) is 20.8 Å². The van der Waals surface area contributed by atoms with Crippen LogP contribution in [0.1, 0.15) is 280 Å². The van der Waals surface area contributed by atoms with Crippen LogP contribution in [0.25, 0.3) is 22.1 Å². The fourth-order valence-corrected chi connectivity index (χ4v) is 8.59. The zero-order valence-electron chi connectivity index (χ0n) is 71.6. The van der Waals surface area contributed by atoms with Gasteiger partial charge in [0.2, 0.25) is 0 Å². The first kappa shape index (κ1) is 149. The minimum atomic E-state index is -0.0790. The van der Waals surface area contributed by atoms with Gasteiger partial charge < -0.3 is 26.2 Å². The molecule has 0 aliphatic heterocycles. The molecule has 0 aliphatic rings. The second-order valence-corrected chi connectivity index (χ2v) is 44.2. The minimum absolute atomic E-state index is 0. The van der Waals surface area contributed by atoms with Crippen molar-refractivity contribution < 1.29 is 382 Å². The van der Waals surface area contributed by atoms with Crippen molar-refractivity contribution in [1.29, 1.82) is 0 Å². The maximum atomic E-state index is 7.90. The van der Waals surface area contributed by atoms with Crippen LogP contribution in [-0.4, -0.2) is 44.8 Å². The molecule has 0 saturated carbocycles. The molecule has 0 aliphatic carbocycles. The summed E-state index contributed by atoms with van der Waals surface area (Å²) in [4.78, 5) is 0. The molecule has 2 radical (unpaired) electrons. The van der Waals surface area contributed by atoms with Crippen molar-refractivity contribution in [1.82, 2.24) is 0 Å². The van der Waals surface area contributed by atoms with E-state index in [0.717, 1.165) is 19.8 Å². The Hall–Kier alpha value is 9.70. The Balaban J connectivity index is -0.0000000368. The van der Waals surface area contributed by atoms with Crippen molar-refractivity contribution in [2.45, 2.75) is 288 Å². The molecular formula is C76H144K2N4V4W4Y4-8. The zero-order chi connectivity index (χ0) is 75.4. The van der Waals surface area contributed by atoms with Gasteiger partial charge in [-0.15, -0.1) is 5.41 Å². The fraction of sp³-hybridized carbons (Fsp3) is 0.684. The maximum absolute atomic E-state index is 7.90. The molecule has 0 aromatic carbocycles. The van der Waals surface area contributed by atoms with E-state index in [-0.39, 0.29) is 269 Å². The van der Waals surface area contributed by atoms with Crippen LogP contribution in [-0.2, 0) is 276 Å². The van der Waals surface area contributed by atoms with E-state index < -0.39 is 0 Å². The second kappa shape index (κ2) is 74.1. The molecule has 0 fully saturated rings. The molecule has 2 N–H and O–H groups in total. The van der Waals surface area contributed by atoms with Gasteiger partial charge in [-0.2, -0.15) is 0 Å². The summed E-state index contributed by atoms with van der Waals surface area (Å²) in [6.07, 6.45) is 5.97. The predicted molar refractivity (Wildman–Crippen MR) is 390 cm³/mol. The van der Waals surface area contributed by atoms with E-state index in [1.165, 1.54) is 111 Å². The van der Waals surface area contributed by atoms with Crippen LogP contribution >= 0.6 is 0 Å². The van der Waals surface area contributed by atoms with Gasteiger partial charge in [0.05, 0.1) is 0 Å². The van der Waals surface area contributed by atoms with Gasteiger partial charge in [-0.25, -0.2) is 19.4 Å². The van der Waals surface area contributed by atoms with Gasteiger partial charge in [-0.05, 0) is 27.1 Å². The Morgan fingerprint density at radius 1 is 0.394 bits per heavy atom. The van der Waals surface area contributed by atoms with E-state index in [0.29, 0.717) is 38.2 Å². The topological polar surface area (TPSA) is 75.8 Å². The molecule has 0 aromatic heterocycles. The molecule has 0 saturated heterocycles. The van der Waals surface area contributed by atoms with Gasteiger partial charge in [0, 0.05) is 65.4 Å².